The third-order valence-electron chi connectivity index (χ3n) is 3.82. The Bertz CT molecular complexity index is 643. The van der Waals surface area contributed by atoms with E-state index < -0.39 is 0 Å². The Balaban J connectivity index is 1.97. The van der Waals surface area contributed by atoms with Gasteiger partial charge in [0, 0.05) is 16.7 Å². The van der Waals surface area contributed by atoms with Gasteiger partial charge >= 0.3 is 0 Å². The molecular formula is C15H19ClIN3O. The molecule has 0 aliphatic carbocycles. The van der Waals surface area contributed by atoms with E-state index in [1.165, 1.54) is 3.57 Å². The molecule has 0 bridgehead atoms. The zero-order valence-electron chi connectivity index (χ0n) is 12.2. The quantitative estimate of drug-likeness (QED) is 0.565. The van der Waals surface area contributed by atoms with Gasteiger partial charge in [-0.2, -0.15) is 0 Å². The molecule has 2 aromatic rings. The summed E-state index contributed by atoms with van der Waals surface area (Å²) < 4.78 is 9.30. The number of morpholine rings is 1. The largest absolute Gasteiger partial charge is 0.374 e. The Hall–Kier alpha value is -0.370. The van der Waals surface area contributed by atoms with Crippen molar-refractivity contribution in [3.8, 4) is 0 Å². The maximum absolute atomic E-state index is 6.33. The summed E-state index contributed by atoms with van der Waals surface area (Å²) in [6.45, 7) is 5.50. The smallest absolute Gasteiger partial charge is 0.127 e. The number of ether oxygens (including phenoxy) is 1. The molecular weight excluding hydrogens is 401 g/mol. The average Bonchev–Trinajstić information content (AvgIpc) is 2.77. The highest BCUT2D eigenvalue weighted by Crippen LogP contribution is 2.26. The number of hydrogen-bond donors (Lipinski definition) is 0. The fourth-order valence-electron chi connectivity index (χ4n) is 2.80. The Labute approximate surface area is 143 Å². The first kappa shape index (κ1) is 15.5. The Morgan fingerprint density at radius 1 is 1.52 bits per heavy atom. The van der Waals surface area contributed by atoms with Crippen molar-refractivity contribution in [1.29, 1.82) is 0 Å². The van der Waals surface area contributed by atoms with Crippen molar-refractivity contribution in [2.45, 2.75) is 24.9 Å². The molecule has 1 aliphatic heterocycles. The van der Waals surface area contributed by atoms with Crippen molar-refractivity contribution in [3.05, 3.63) is 27.6 Å². The van der Waals surface area contributed by atoms with E-state index >= 15 is 0 Å². The summed E-state index contributed by atoms with van der Waals surface area (Å²) in [5.74, 6) is 0.922. The molecule has 0 amide bonds. The zero-order valence-corrected chi connectivity index (χ0v) is 15.1. The van der Waals surface area contributed by atoms with Crippen LogP contribution in [0.1, 0.15) is 18.1 Å². The summed E-state index contributed by atoms with van der Waals surface area (Å²) in [6.07, 6.45) is 0.189. The molecule has 6 heteroatoms. The molecule has 2 heterocycles. The van der Waals surface area contributed by atoms with Crippen molar-refractivity contribution in [1.82, 2.24) is 14.5 Å². The summed E-state index contributed by atoms with van der Waals surface area (Å²) in [6, 6.07) is 6.33. The number of nitrogens with zero attached hydrogens (tertiary/aromatic N) is 3. The monoisotopic (exact) mass is 419 g/mol. The number of halogens is 2. The van der Waals surface area contributed by atoms with Gasteiger partial charge in [0.25, 0.3) is 0 Å². The standard InChI is InChI=1S/C15H19ClIN3O/c1-10(16)15-18-13-7-11(17)3-4-14(13)20(15)9-12-8-19(2)5-6-21-12/h3-4,7,10,12H,5-6,8-9H2,1-2H3. The van der Waals surface area contributed by atoms with Crippen LogP contribution < -0.4 is 0 Å². The summed E-state index contributed by atoms with van der Waals surface area (Å²) >= 11 is 8.64. The molecule has 2 atom stereocenters. The lowest BCUT2D eigenvalue weighted by molar-refractivity contribution is -0.0272. The van der Waals surface area contributed by atoms with E-state index in [1.807, 2.05) is 6.92 Å². The van der Waals surface area contributed by atoms with Gasteiger partial charge in [-0.15, -0.1) is 11.6 Å². The van der Waals surface area contributed by atoms with E-state index in [0.717, 1.165) is 43.1 Å². The van der Waals surface area contributed by atoms with Gasteiger partial charge in [-0.05, 0) is 54.8 Å². The number of hydrogen-bond acceptors (Lipinski definition) is 3. The van der Waals surface area contributed by atoms with Crippen molar-refractivity contribution in [2.24, 2.45) is 0 Å². The maximum atomic E-state index is 6.33. The highest BCUT2D eigenvalue weighted by atomic mass is 127. The van der Waals surface area contributed by atoms with Gasteiger partial charge in [0.1, 0.15) is 5.82 Å². The number of rotatable bonds is 3. The second kappa shape index (κ2) is 6.40. The molecule has 3 rings (SSSR count). The fraction of sp³-hybridized carbons (Fsp3) is 0.533. The second-order valence-electron chi connectivity index (χ2n) is 5.58. The van der Waals surface area contributed by atoms with Crippen LogP contribution in [0.2, 0.25) is 0 Å². The molecule has 1 aromatic carbocycles. The summed E-state index contributed by atoms with van der Waals surface area (Å²) in [5, 5.41) is -0.114. The molecule has 0 saturated carbocycles. The summed E-state index contributed by atoms with van der Waals surface area (Å²) in [5.41, 5.74) is 2.14. The van der Waals surface area contributed by atoms with Crippen LogP contribution in [0.5, 0.6) is 0 Å². The molecule has 0 radical (unpaired) electrons. The van der Waals surface area contributed by atoms with Crippen molar-refractivity contribution >= 4 is 45.2 Å². The highest BCUT2D eigenvalue weighted by molar-refractivity contribution is 14.1. The average molecular weight is 420 g/mol. The van der Waals surface area contributed by atoms with Crippen LogP contribution in [0.4, 0.5) is 0 Å². The predicted octanol–water partition coefficient (Wildman–Crippen LogP) is 3.27. The minimum absolute atomic E-state index is 0.114. The van der Waals surface area contributed by atoms with Gasteiger partial charge in [-0.1, -0.05) is 0 Å². The third kappa shape index (κ3) is 3.36. The van der Waals surface area contributed by atoms with E-state index in [1.54, 1.807) is 0 Å². The van der Waals surface area contributed by atoms with E-state index in [2.05, 4.69) is 57.3 Å². The van der Waals surface area contributed by atoms with E-state index in [0.29, 0.717) is 0 Å². The number of alkyl halides is 1. The van der Waals surface area contributed by atoms with Crippen LogP contribution >= 0.6 is 34.2 Å². The molecule has 2 unspecified atom stereocenters. The maximum Gasteiger partial charge on any atom is 0.127 e. The first-order chi connectivity index (χ1) is 10.0. The van der Waals surface area contributed by atoms with Crippen molar-refractivity contribution in [3.63, 3.8) is 0 Å². The molecule has 1 saturated heterocycles. The molecule has 0 N–H and O–H groups in total. The van der Waals surface area contributed by atoms with Gasteiger partial charge < -0.3 is 14.2 Å². The van der Waals surface area contributed by atoms with E-state index in [4.69, 9.17) is 21.3 Å². The number of imidazole rings is 1. The minimum Gasteiger partial charge on any atom is -0.374 e. The van der Waals surface area contributed by atoms with Gasteiger partial charge in [0.2, 0.25) is 0 Å². The molecule has 21 heavy (non-hydrogen) atoms. The lowest BCUT2D eigenvalue weighted by atomic mass is 10.2. The third-order valence-corrected chi connectivity index (χ3v) is 4.69. The topological polar surface area (TPSA) is 30.3 Å². The van der Waals surface area contributed by atoms with Gasteiger partial charge in [0.05, 0.1) is 35.7 Å². The molecule has 4 nitrogen and oxygen atoms in total. The van der Waals surface area contributed by atoms with Crippen molar-refractivity contribution in [2.75, 3.05) is 26.7 Å². The Morgan fingerprint density at radius 3 is 3.05 bits per heavy atom. The molecule has 114 valence electrons. The van der Waals surface area contributed by atoms with Crippen LogP contribution in [0, 0.1) is 3.57 Å². The number of likely N-dealkylation sites (N-methyl/N-ethyl adjacent to an activating group) is 1. The van der Waals surface area contributed by atoms with Crippen LogP contribution in [0.15, 0.2) is 18.2 Å². The number of fused-ring (bicyclic) bond motifs is 1. The van der Waals surface area contributed by atoms with E-state index in [-0.39, 0.29) is 11.5 Å². The molecule has 1 aliphatic rings. The predicted molar refractivity (Wildman–Crippen MR) is 94.0 cm³/mol. The molecule has 1 fully saturated rings. The lowest BCUT2D eigenvalue weighted by Gasteiger charge is -2.30. The number of benzene rings is 1. The lowest BCUT2D eigenvalue weighted by Crippen LogP contribution is -2.42. The molecule has 0 spiro atoms. The zero-order chi connectivity index (χ0) is 15.0. The SMILES string of the molecule is CC(Cl)c1nc2cc(I)ccc2n1CC1CN(C)CCO1. The second-order valence-corrected chi connectivity index (χ2v) is 7.48. The first-order valence-electron chi connectivity index (χ1n) is 7.14. The number of aromatic nitrogens is 2. The molecule has 1 aromatic heterocycles. The highest BCUT2D eigenvalue weighted by Gasteiger charge is 2.22. The summed E-state index contributed by atoms with van der Waals surface area (Å²) in [4.78, 5) is 7.02. The minimum atomic E-state index is -0.114. The fourth-order valence-corrected chi connectivity index (χ4v) is 3.44. The van der Waals surface area contributed by atoms with Crippen LogP contribution in [0.3, 0.4) is 0 Å². The van der Waals surface area contributed by atoms with Crippen LogP contribution in [-0.4, -0.2) is 47.3 Å². The van der Waals surface area contributed by atoms with Gasteiger partial charge in [0.15, 0.2) is 0 Å². The Morgan fingerprint density at radius 2 is 2.33 bits per heavy atom. The van der Waals surface area contributed by atoms with Gasteiger partial charge in [-0.3, -0.25) is 0 Å². The van der Waals surface area contributed by atoms with Crippen LogP contribution in [-0.2, 0) is 11.3 Å². The summed E-state index contributed by atoms with van der Waals surface area (Å²) in [7, 11) is 2.13. The Kier molecular flexibility index (Phi) is 4.73. The van der Waals surface area contributed by atoms with E-state index in [9.17, 15) is 0 Å². The first-order valence-corrected chi connectivity index (χ1v) is 8.66. The van der Waals surface area contributed by atoms with Crippen molar-refractivity contribution < 1.29 is 4.74 Å². The normalized spacial score (nSPS) is 21.8. The van der Waals surface area contributed by atoms with Crippen LogP contribution in [0.25, 0.3) is 11.0 Å². The van der Waals surface area contributed by atoms with Gasteiger partial charge in [-0.25, -0.2) is 4.98 Å².